The maximum absolute atomic E-state index is 7.61. The molecule has 0 aromatic rings. The third-order valence-electron chi connectivity index (χ3n) is 7.30. The van der Waals surface area contributed by atoms with E-state index in [0.717, 1.165) is 31.5 Å². The van der Waals surface area contributed by atoms with Crippen LogP contribution in [0.4, 0.5) is 0 Å². The van der Waals surface area contributed by atoms with Gasteiger partial charge in [0.15, 0.2) is 49.3 Å². The van der Waals surface area contributed by atoms with Crippen LogP contribution in [-0.4, -0.2) is 86.5 Å². The van der Waals surface area contributed by atoms with E-state index < -0.39 is 73.6 Å². The van der Waals surface area contributed by atoms with Crippen molar-refractivity contribution in [1.29, 1.82) is 0 Å². The van der Waals surface area contributed by atoms with Crippen molar-refractivity contribution < 1.29 is 25.9 Å². The molecule has 0 radical (unpaired) electrons. The Morgan fingerprint density at radius 1 is 0.738 bits per heavy atom. The summed E-state index contributed by atoms with van der Waals surface area (Å²) in [5.74, 6) is 0. The van der Waals surface area contributed by atoms with E-state index in [4.69, 9.17) is 25.9 Å². The summed E-state index contributed by atoms with van der Waals surface area (Å²) < 4.78 is 43.3. The van der Waals surface area contributed by atoms with Crippen LogP contribution in [0.3, 0.4) is 0 Å². The van der Waals surface area contributed by atoms with E-state index in [9.17, 15) is 0 Å². The zero-order valence-corrected chi connectivity index (χ0v) is 39.6. The molecule has 1 aliphatic heterocycles. The molecule has 1 aliphatic rings. The Labute approximate surface area is 271 Å². The lowest BCUT2D eigenvalue weighted by molar-refractivity contribution is 0.0255. The van der Waals surface area contributed by atoms with E-state index >= 15 is 0 Å². The summed E-state index contributed by atoms with van der Waals surface area (Å²) in [6, 6.07) is 2.26. The predicted molar refractivity (Wildman–Crippen MR) is 204 cm³/mol. The summed E-state index contributed by atoms with van der Waals surface area (Å²) >= 11 is 0. The van der Waals surface area contributed by atoms with Gasteiger partial charge in [-0.3, -0.25) is 0 Å². The molecule has 1 fully saturated rings. The Morgan fingerprint density at radius 3 is 1.52 bits per heavy atom. The normalized spacial score (nSPS) is 19.6. The third-order valence-corrected chi connectivity index (χ3v) is 31.3. The fraction of sp³-hybridized carbons (Fsp3) is 0.929. The van der Waals surface area contributed by atoms with Crippen LogP contribution in [0.15, 0.2) is 10.8 Å². The van der Waals surface area contributed by atoms with Gasteiger partial charge in [0.05, 0.1) is 0 Å². The minimum absolute atomic E-state index is 0.387. The molecule has 1 rings (SSSR count). The first-order valence-electron chi connectivity index (χ1n) is 16.4. The topological polar surface area (TPSA) is 55.4 Å². The molecule has 1 heterocycles. The van der Waals surface area contributed by atoms with Crippen LogP contribution < -0.4 is 0 Å². The molecule has 1 atom stereocenters. The SMILES string of the molecule is CCC[SiH2]OC(/C(C)=C(/C(O[Si](C)(C)C)O[Si](C)(C)C)[SiH]1CCCCO1)([Si](C)(C)O[Si](C)(C)C)[Si](C)(C)O[Si](C)(C)C. The highest BCUT2D eigenvalue weighted by Gasteiger charge is 2.64. The Hall–Kier alpha value is 1.24. The average molecular weight is 728 g/mol. The van der Waals surface area contributed by atoms with Crippen LogP contribution in [0, 0.1) is 0 Å². The second kappa shape index (κ2) is 15.4. The lowest BCUT2D eigenvalue weighted by Crippen LogP contribution is -2.76. The molecule has 0 saturated carbocycles. The monoisotopic (exact) mass is 726 g/mol. The van der Waals surface area contributed by atoms with Crippen LogP contribution in [0.5, 0.6) is 0 Å². The molecule has 14 heteroatoms. The molecule has 0 aromatic heterocycles. The fourth-order valence-electron chi connectivity index (χ4n) is 6.68. The maximum Gasteiger partial charge on any atom is 0.209 e. The van der Waals surface area contributed by atoms with Crippen molar-refractivity contribution in [1.82, 2.24) is 0 Å². The quantitative estimate of drug-likeness (QED) is 0.0855. The Bertz CT molecular complexity index is 835. The first-order valence-corrected chi connectivity index (χ1v) is 39.3. The van der Waals surface area contributed by atoms with Gasteiger partial charge in [-0.05, 0) is 141 Å². The minimum atomic E-state index is -2.60. The summed E-state index contributed by atoms with van der Waals surface area (Å²) in [6.45, 7) is 42.8. The van der Waals surface area contributed by atoms with Crippen molar-refractivity contribution in [3.63, 3.8) is 0 Å². The van der Waals surface area contributed by atoms with E-state index in [2.05, 4.69) is 119 Å². The first-order chi connectivity index (χ1) is 18.7. The van der Waals surface area contributed by atoms with Crippen LogP contribution >= 0.6 is 0 Å². The highest BCUT2D eigenvalue weighted by atomic mass is 28.5. The van der Waals surface area contributed by atoms with E-state index in [1.54, 1.807) is 0 Å². The van der Waals surface area contributed by atoms with Crippen molar-refractivity contribution in [2.24, 2.45) is 0 Å². The van der Waals surface area contributed by atoms with Gasteiger partial charge in [0.25, 0.3) is 0 Å². The maximum atomic E-state index is 7.61. The summed E-state index contributed by atoms with van der Waals surface area (Å²) in [6.07, 6.45) is 3.10. The molecule has 42 heavy (non-hydrogen) atoms. The molecular weight excluding hydrogens is 657 g/mol. The van der Waals surface area contributed by atoms with Gasteiger partial charge in [0.2, 0.25) is 25.7 Å². The zero-order valence-electron chi connectivity index (χ0n) is 31.1. The van der Waals surface area contributed by atoms with Crippen molar-refractivity contribution in [3.05, 3.63) is 10.8 Å². The zero-order chi connectivity index (χ0) is 33.0. The minimum Gasteiger partial charge on any atom is -0.454 e. The Balaban J connectivity index is 4.36. The number of rotatable bonds is 17. The lowest BCUT2D eigenvalue weighted by atomic mass is 10.3. The van der Waals surface area contributed by atoms with Crippen LogP contribution in [-0.2, 0) is 25.9 Å². The molecule has 6 nitrogen and oxygen atoms in total. The molecule has 0 N–H and O–H groups in total. The van der Waals surface area contributed by atoms with E-state index in [1.165, 1.54) is 17.2 Å². The largest absolute Gasteiger partial charge is 0.454 e. The van der Waals surface area contributed by atoms with Gasteiger partial charge >= 0.3 is 0 Å². The molecule has 1 unspecified atom stereocenters. The molecule has 0 bridgehead atoms. The third kappa shape index (κ3) is 12.4. The van der Waals surface area contributed by atoms with Gasteiger partial charge in [0.1, 0.15) is 4.85 Å². The van der Waals surface area contributed by atoms with Gasteiger partial charge in [-0.15, -0.1) is 0 Å². The molecule has 0 spiro atoms. The van der Waals surface area contributed by atoms with E-state index in [-0.39, 0.29) is 6.29 Å². The predicted octanol–water partition coefficient (Wildman–Crippen LogP) is 8.26. The van der Waals surface area contributed by atoms with E-state index in [1.807, 2.05) is 0 Å². The van der Waals surface area contributed by atoms with Crippen LogP contribution in [0.1, 0.15) is 33.1 Å². The van der Waals surface area contributed by atoms with Gasteiger partial charge in [-0.2, -0.15) is 0 Å². The van der Waals surface area contributed by atoms with Crippen molar-refractivity contribution >= 4 is 68.7 Å². The average Bonchev–Trinajstić information content (AvgIpc) is 2.71. The molecule has 0 aliphatic carbocycles. The summed E-state index contributed by atoms with van der Waals surface area (Å²) in [5, 5.41) is 1.31. The van der Waals surface area contributed by atoms with E-state index in [0.29, 0.717) is 0 Å². The van der Waals surface area contributed by atoms with Crippen LogP contribution in [0.2, 0.25) is 117 Å². The second-order valence-electron chi connectivity index (χ2n) is 17.1. The highest BCUT2D eigenvalue weighted by molar-refractivity contribution is 7.01. The smallest absolute Gasteiger partial charge is 0.209 e. The van der Waals surface area contributed by atoms with Gasteiger partial charge in [-0.1, -0.05) is 19.8 Å². The Kier molecular flexibility index (Phi) is 15.2. The first kappa shape index (κ1) is 41.3. The molecule has 0 amide bonds. The van der Waals surface area contributed by atoms with Crippen molar-refractivity contribution in [2.45, 2.75) is 161 Å². The fourth-order valence-corrected chi connectivity index (χ4v) is 38.4. The number of hydrogen-bond acceptors (Lipinski definition) is 6. The summed E-state index contributed by atoms with van der Waals surface area (Å²) in [5.41, 5.74) is 1.30. The molecule has 0 aromatic carbocycles. The van der Waals surface area contributed by atoms with Gasteiger partial charge in [-0.25, -0.2) is 0 Å². The van der Waals surface area contributed by atoms with Crippen molar-refractivity contribution in [3.8, 4) is 0 Å². The Morgan fingerprint density at radius 2 is 1.19 bits per heavy atom. The highest BCUT2D eigenvalue weighted by Crippen LogP contribution is 2.47. The van der Waals surface area contributed by atoms with Crippen molar-refractivity contribution in [2.75, 3.05) is 6.61 Å². The summed E-state index contributed by atoms with van der Waals surface area (Å²) in [7, 11) is -15.7. The molecule has 1 saturated heterocycles. The summed E-state index contributed by atoms with van der Waals surface area (Å²) in [4.78, 5) is -0.561. The number of hydrogen-bond donors (Lipinski definition) is 0. The van der Waals surface area contributed by atoms with Crippen LogP contribution in [0.25, 0.3) is 0 Å². The van der Waals surface area contributed by atoms with Gasteiger partial charge < -0.3 is 25.9 Å². The van der Waals surface area contributed by atoms with Gasteiger partial charge in [0, 0.05) is 6.61 Å². The molecular formula is C28H70O6Si8. The second-order valence-corrected chi connectivity index (χ2v) is 47.9. The standard InChI is InChI=1S/C28H70O6Si8/c1-19-23-35-32-28(41(15,16)33-39(9,10)11,42(17,18)34-40(12,13)14)25(2)26(36-24-21-20-22-29-36)27(30-37(3,4)5)31-38(6,7)8/h27,36H,19-24,35H2,1-18H3/b26-25-. The molecule has 250 valence electrons. The lowest BCUT2D eigenvalue weighted by Gasteiger charge is -2.57.